The minimum absolute atomic E-state index is 0.161. The Morgan fingerprint density at radius 2 is 2.00 bits per heavy atom. The van der Waals surface area contributed by atoms with Crippen molar-refractivity contribution in [1.82, 2.24) is 0 Å². The van der Waals surface area contributed by atoms with Crippen LogP contribution >= 0.6 is 0 Å². The number of nitrogens with two attached hydrogens (primary N) is 1. The quantitative estimate of drug-likeness (QED) is 0.891. The number of benzene rings is 1. The second-order valence-electron chi connectivity index (χ2n) is 7.05. The largest absolute Gasteiger partial charge is 0.487 e. The summed E-state index contributed by atoms with van der Waals surface area (Å²) in [5.41, 5.74) is 7.80. The van der Waals surface area contributed by atoms with Gasteiger partial charge in [-0.25, -0.2) is 0 Å². The molecule has 0 saturated heterocycles. The number of hydrogen-bond acceptors (Lipinski definition) is 3. The summed E-state index contributed by atoms with van der Waals surface area (Å²) >= 11 is 0. The van der Waals surface area contributed by atoms with E-state index in [9.17, 15) is 5.11 Å². The Balaban J connectivity index is 1.98. The van der Waals surface area contributed by atoms with Gasteiger partial charge in [-0.2, -0.15) is 0 Å². The van der Waals surface area contributed by atoms with E-state index < -0.39 is 6.10 Å². The third-order valence-corrected chi connectivity index (χ3v) is 5.00. The minimum Gasteiger partial charge on any atom is -0.487 e. The second-order valence-corrected chi connectivity index (χ2v) is 7.05. The Labute approximate surface area is 121 Å². The second kappa shape index (κ2) is 4.74. The lowest BCUT2D eigenvalue weighted by atomic mass is 9.77. The van der Waals surface area contributed by atoms with E-state index in [1.54, 1.807) is 0 Å². The zero-order valence-electron chi connectivity index (χ0n) is 12.5. The summed E-state index contributed by atoms with van der Waals surface area (Å²) in [6.07, 6.45) is 4.73. The van der Waals surface area contributed by atoms with E-state index in [2.05, 4.69) is 19.9 Å². The molecule has 110 valence electrons. The summed E-state index contributed by atoms with van der Waals surface area (Å²) in [6, 6.07) is 6.13. The number of ether oxygens (including phenoxy) is 1. The topological polar surface area (TPSA) is 55.5 Å². The maximum atomic E-state index is 10.9. The molecule has 1 unspecified atom stereocenters. The number of hydrogen-bond donors (Lipinski definition) is 2. The van der Waals surface area contributed by atoms with Gasteiger partial charge in [0.15, 0.2) is 0 Å². The number of fused-ring (bicyclic) bond motifs is 1. The summed E-state index contributed by atoms with van der Waals surface area (Å²) in [7, 11) is 0. The standard InChI is InChI=1S/C17H25NO2/c1-16(2)10-12-6-5-7-13(14(12)20-16)15(19)17(11-18)8-3-4-9-17/h5-7,15,19H,3-4,8-11,18H2,1-2H3. The zero-order valence-corrected chi connectivity index (χ0v) is 12.5. The van der Waals surface area contributed by atoms with Crippen molar-refractivity contribution >= 4 is 0 Å². The predicted octanol–water partition coefficient (Wildman–Crippen LogP) is 2.95. The van der Waals surface area contributed by atoms with E-state index in [1.807, 2.05) is 12.1 Å². The van der Waals surface area contributed by atoms with Gasteiger partial charge in [-0.1, -0.05) is 31.0 Å². The molecule has 1 atom stereocenters. The molecule has 0 amide bonds. The van der Waals surface area contributed by atoms with Crippen LogP contribution in [0.3, 0.4) is 0 Å². The lowest BCUT2D eigenvalue weighted by Gasteiger charge is -2.34. The highest BCUT2D eigenvalue weighted by molar-refractivity contribution is 5.47. The van der Waals surface area contributed by atoms with Crippen LogP contribution in [0.5, 0.6) is 5.75 Å². The molecule has 0 aromatic heterocycles. The van der Waals surface area contributed by atoms with Gasteiger partial charge in [0.05, 0.1) is 6.10 Å². The fraction of sp³-hybridized carbons (Fsp3) is 0.647. The van der Waals surface area contributed by atoms with Crippen LogP contribution in [0.2, 0.25) is 0 Å². The Kier molecular flexibility index (Phi) is 3.30. The van der Waals surface area contributed by atoms with Gasteiger partial charge in [-0.05, 0) is 32.3 Å². The number of rotatable bonds is 3. The van der Waals surface area contributed by atoms with Crippen molar-refractivity contribution < 1.29 is 9.84 Å². The molecule has 1 aromatic rings. The fourth-order valence-electron chi connectivity index (χ4n) is 3.85. The molecule has 2 aliphatic rings. The maximum Gasteiger partial charge on any atom is 0.129 e. The molecule has 1 saturated carbocycles. The molecular formula is C17H25NO2. The van der Waals surface area contributed by atoms with Crippen LogP contribution in [0, 0.1) is 5.41 Å². The Morgan fingerprint density at radius 3 is 2.65 bits per heavy atom. The van der Waals surface area contributed by atoms with Crippen LogP contribution in [0.1, 0.15) is 56.8 Å². The number of para-hydroxylation sites is 1. The third-order valence-electron chi connectivity index (χ3n) is 5.00. The Hall–Kier alpha value is -1.06. The third kappa shape index (κ3) is 2.13. The van der Waals surface area contributed by atoms with Crippen molar-refractivity contribution in [3.05, 3.63) is 29.3 Å². The van der Waals surface area contributed by atoms with Gasteiger partial charge in [0.2, 0.25) is 0 Å². The van der Waals surface area contributed by atoms with Gasteiger partial charge >= 0.3 is 0 Å². The normalized spacial score (nSPS) is 24.2. The van der Waals surface area contributed by atoms with Crippen LogP contribution in [0.4, 0.5) is 0 Å². The summed E-state index contributed by atoms with van der Waals surface area (Å²) in [5, 5.41) is 10.9. The molecule has 1 aromatic carbocycles. The summed E-state index contributed by atoms with van der Waals surface area (Å²) < 4.78 is 6.09. The van der Waals surface area contributed by atoms with Crippen LogP contribution in [0.25, 0.3) is 0 Å². The summed E-state index contributed by atoms with van der Waals surface area (Å²) in [4.78, 5) is 0. The highest BCUT2D eigenvalue weighted by Crippen LogP contribution is 2.50. The van der Waals surface area contributed by atoms with Gasteiger partial charge in [-0.3, -0.25) is 0 Å². The smallest absolute Gasteiger partial charge is 0.129 e. The molecule has 1 heterocycles. The Morgan fingerprint density at radius 1 is 1.30 bits per heavy atom. The van der Waals surface area contributed by atoms with Crippen molar-refractivity contribution in [2.75, 3.05) is 6.54 Å². The highest BCUT2D eigenvalue weighted by atomic mass is 16.5. The molecule has 0 spiro atoms. The first kappa shape index (κ1) is 13.9. The molecule has 3 N–H and O–H groups in total. The van der Waals surface area contributed by atoms with Crippen LogP contribution in [-0.4, -0.2) is 17.3 Å². The van der Waals surface area contributed by atoms with Gasteiger partial charge in [0.1, 0.15) is 11.4 Å². The molecule has 1 aliphatic heterocycles. The first-order valence-corrected chi connectivity index (χ1v) is 7.66. The highest BCUT2D eigenvalue weighted by Gasteiger charge is 2.43. The molecule has 0 bridgehead atoms. The van der Waals surface area contributed by atoms with E-state index in [0.717, 1.165) is 43.4 Å². The molecule has 1 fully saturated rings. The Bertz CT molecular complexity index is 504. The summed E-state index contributed by atoms with van der Waals surface area (Å²) in [6.45, 7) is 4.73. The molecule has 20 heavy (non-hydrogen) atoms. The van der Waals surface area contributed by atoms with Gasteiger partial charge in [-0.15, -0.1) is 0 Å². The average Bonchev–Trinajstić information content (AvgIpc) is 3.00. The summed E-state index contributed by atoms with van der Waals surface area (Å²) in [5.74, 6) is 0.893. The van der Waals surface area contributed by atoms with Gasteiger partial charge in [0.25, 0.3) is 0 Å². The van der Waals surface area contributed by atoms with Gasteiger partial charge < -0.3 is 15.6 Å². The van der Waals surface area contributed by atoms with E-state index in [0.29, 0.717) is 6.54 Å². The van der Waals surface area contributed by atoms with Crippen molar-refractivity contribution in [1.29, 1.82) is 0 Å². The van der Waals surface area contributed by atoms with Crippen molar-refractivity contribution in [2.24, 2.45) is 11.1 Å². The van der Waals surface area contributed by atoms with Crippen LogP contribution in [-0.2, 0) is 6.42 Å². The minimum atomic E-state index is -0.515. The van der Waals surface area contributed by atoms with Crippen molar-refractivity contribution in [3.63, 3.8) is 0 Å². The molecular weight excluding hydrogens is 250 g/mol. The lowest BCUT2D eigenvalue weighted by molar-refractivity contribution is 0.0289. The number of aliphatic hydroxyl groups is 1. The van der Waals surface area contributed by atoms with Crippen LogP contribution in [0.15, 0.2) is 18.2 Å². The van der Waals surface area contributed by atoms with E-state index in [1.165, 1.54) is 5.56 Å². The van der Waals surface area contributed by atoms with Gasteiger partial charge in [0, 0.05) is 23.9 Å². The zero-order chi connectivity index (χ0) is 14.4. The first-order valence-electron chi connectivity index (χ1n) is 7.66. The average molecular weight is 275 g/mol. The molecule has 0 radical (unpaired) electrons. The van der Waals surface area contributed by atoms with E-state index in [4.69, 9.17) is 10.5 Å². The van der Waals surface area contributed by atoms with Crippen molar-refractivity contribution in [3.8, 4) is 5.75 Å². The fourth-order valence-corrected chi connectivity index (χ4v) is 3.85. The van der Waals surface area contributed by atoms with Crippen LogP contribution < -0.4 is 10.5 Å². The predicted molar refractivity (Wildman–Crippen MR) is 79.8 cm³/mol. The molecule has 3 rings (SSSR count). The van der Waals surface area contributed by atoms with E-state index >= 15 is 0 Å². The molecule has 3 nitrogen and oxygen atoms in total. The lowest BCUT2D eigenvalue weighted by Crippen LogP contribution is -2.34. The molecule has 3 heteroatoms. The SMILES string of the molecule is CC1(C)Cc2cccc(C(O)C3(CN)CCCC3)c2O1. The monoisotopic (exact) mass is 275 g/mol. The molecule has 1 aliphatic carbocycles. The first-order chi connectivity index (χ1) is 9.47. The van der Waals surface area contributed by atoms with E-state index in [-0.39, 0.29) is 11.0 Å². The van der Waals surface area contributed by atoms with Crippen molar-refractivity contribution in [2.45, 2.75) is 57.7 Å². The maximum absolute atomic E-state index is 10.9. The number of aliphatic hydroxyl groups excluding tert-OH is 1.